The van der Waals surface area contributed by atoms with Crippen LogP contribution < -0.4 is 52.8 Å². The van der Waals surface area contributed by atoms with E-state index >= 15 is 0 Å². The summed E-state index contributed by atoms with van der Waals surface area (Å²) in [5, 5.41) is 14.7. The van der Waals surface area contributed by atoms with Gasteiger partial charge < -0.3 is 90.7 Å². The van der Waals surface area contributed by atoms with Crippen molar-refractivity contribution in [2.45, 2.75) is 110 Å². The topological polar surface area (TPSA) is 480 Å². The van der Waals surface area contributed by atoms with Gasteiger partial charge in [-0.25, -0.2) is 64.6 Å². The Hall–Kier alpha value is -8.38. The maximum atomic E-state index is 13.2. The Kier molecular flexibility index (Phi) is 22.2. The smallest absolute Gasteiger partial charge is 0.477 e. The van der Waals surface area contributed by atoms with Crippen LogP contribution in [0.1, 0.15) is 39.5 Å². The van der Waals surface area contributed by atoms with Crippen molar-refractivity contribution in [3.8, 4) is 0 Å². The van der Waals surface area contributed by atoms with Crippen LogP contribution in [-0.2, 0) is 86.6 Å². The van der Waals surface area contributed by atoms with Crippen LogP contribution in [0, 0.1) is 0 Å². The number of benzene rings is 1. The molecule has 442 valence electrons. The minimum atomic E-state index is -4.29. The molecule has 0 unspecified atom stereocenters. The van der Waals surface area contributed by atoms with Gasteiger partial charge in [0.25, 0.3) is 0 Å². The molecule has 4 aliphatic rings. The Morgan fingerprint density at radius 2 is 0.963 bits per heavy atom. The van der Waals surface area contributed by atoms with E-state index in [1.54, 1.807) is 0 Å². The van der Waals surface area contributed by atoms with Crippen molar-refractivity contribution in [1.82, 2.24) is 41.3 Å². The zero-order valence-corrected chi connectivity index (χ0v) is 44.7. The second-order valence-electron chi connectivity index (χ2n) is 17.4. The number of primary amides is 2. The van der Waals surface area contributed by atoms with Gasteiger partial charge in [0.15, 0.2) is 36.6 Å². The summed E-state index contributed by atoms with van der Waals surface area (Å²) in [7, 11) is -6.52. The van der Waals surface area contributed by atoms with Crippen LogP contribution in [0.4, 0.5) is 28.8 Å². The van der Waals surface area contributed by atoms with E-state index in [1.807, 2.05) is 0 Å². The Balaban J connectivity index is 1.10. The molecule has 36 heteroatoms. The third-order valence-electron chi connectivity index (χ3n) is 11.6. The molecule has 0 radical (unpaired) electrons. The number of urea groups is 2. The van der Waals surface area contributed by atoms with Gasteiger partial charge in [-0.2, -0.15) is 0 Å². The predicted octanol–water partition coefficient (Wildman–Crippen LogP) is -2.94. The van der Waals surface area contributed by atoms with Crippen LogP contribution in [0.3, 0.4) is 0 Å². The lowest BCUT2D eigenvalue weighted by molar-refractivity contribution is -0.148. The largest absolute Gasteiger partial charge is 0.508 e. The van der Waals surface area contributed by atoms with Gasteiger partial charge >= 0.3 is 48.5 Å². The van der Waals surface area contributed by atoms with Crippen molar-refractivity contribution in [2.24, 2.45) is 11.5 Å². The van der Waals surface area contributed by atoms with Crippen LogP contribution >= 0.6 is 0 Å². The van der Waals surface area contributed by atoms with Gasteiger partial charge in [0.1, 0.15) is 13.2 Å². The number of amides is 8. The molecule has 2 fully saturated rings. The molecule has 4 heterocycles. The van der Waals surface area contributed by atoms with Crippen LogP contribution in [0.5, 0.6) is 0 Å². The van der Waals surface area contributed by atoms with Crippen LogP contribution in [0.25, 0.3) is 0 Å². The predicted molar refractivity (Wildman–Crippen MR) is 262 cm³/mol. The Morgan fingerprint density at radius 3 is 1.29 bits per heavy atom. The third-order valence-corrected chi connectivity index (χ3v) is 14.6. The first-order chi connectivity index (χ1) is 37.8. The standard InChI is InChI=1S/C44H60N10O24S2/c1-21(55)51-31-25(53-39(45)59)17-27(37(57)69-3)73-35(31)33(29-19-71-43(63)75-29)77-41(61)47-12-5-7-14-49-79(65,66)23-10-9-11-24(16-23)80(67,68)50-15-8-6-13-48-42(62)78-34(30-20-72-44(64)76-30)36-32(52-22(2)56)26(54-40(46)60)18-28(74-36)38(58)70-4/h9-11,16-18,25-26,29-36,49-50H,5-8,12-15,19-20H2,1-4H3,(H,47,61)(H,48,62)(H,51,55)(H,52,56)(H3,45,53,59)(H3,46,54,60)/t25-,26-,29+,30+,31+,32+,33+,34+,35+,36+/m0/s1. The monoisotopic (exact) mass is 1180 g/mol. The SMILES string of the molecule is COC(=O)C1=C[C@H](NC(N)=O)[C@@H](NC(C)=O)[C@H]([C@H](OC(=O)NCCCCNS(=O)(=O)c2cccc(S(=O)(=O)NCCCCNC(=O)O[C@@H]([C@@H]3OC(C(=O)OC)=C[C@H](NC(N)=O)[C@H]3NC(C)=O)[C@H]3COC(=O)O3)c2)[C@H]2COC(=O)O2)O1. The Labute approximate surface area is 455 Å². The van der Waals surface area contributed by atoms with Crippen LogP contribution in [-0.4, -0.2) is 192 Å². The first kappa shape index (κ1) is 62.5. The zero-order valence-electron chi connectivity index (χ0n) is 43.1. The average molecular weight is 1180 g/mol. The lowest BCUT2D eigenvalue weighted by atomic mass is 9.91. The van der Waals surface area contributed by atoms with E-state index in [-0.39, 0.29) is 51.9 Å². The van der Waals surface area contributed by atoms with Gasteiger partial charge in [0, 0.05) is 40.0 Å². The van der Waals surface area contributed by atoms with Gasteiger partial charge in [0.05, 0.1) is 48.2 Å². The number of alkyl carbamates (subject to hydrolysis) is 2. The van der Waals surface area contributed by atoms with E-state index in [4.69, 9.17) is 58.8 Å². The van der Waals surface area contributed by atoms with E-state index in [1.165, 1.54) is 6.07 Å². The van der Waals surface area contributed by atoms with Crippen molar-refractivity contribution in [3.05, 3.63) is 47.9 Å². The normalized spacial score (nSPS) is 23.1. The fraction of sp³-hybridized carbons (Fsp3) is 0.545. The van der Waals surface area contributed by atoms with Gasteiger partial charge in [-0.3, -0.25) is 9.59 Å². The first-order valence-electron chi connectivity index (χ1n) is 24.1. The highest BCUT2D eigenvalue weighted by atomic mass is 32.2. The zero-order chi connectivity index (χ0) is 58.9. The highest BCUT2D eigenvalue weighted by Crippen LogP contribution is 2.30. The van der Waals surface area contributed by atoms with Crippen molar-refractivity contribution >= 4 is 80.4 Å². The molecule has 34 nitrogen and oxygen atoms in total. The number of methoxy groups -OCH3 is 2. The molecule has 2 saturated heterocycles. The molecule has 0 spiro atoms. The molecule has 0 aromatic heterocycles. The summed E-state index contributed by atoms with van der Waals surface area (Å²) in [5.74, 6) is -4.28. The number of ether oxygens (including phenoxy) is 10. The molecule has 80 heavy (non-hydrogen) atoms. The molecule has 1 aromatic carbocycles. The molecular weight excluding hydrogens is 1120 g/mol. The van der Waals surface area contributed by atoms with Crippen LogP contribution in [0.2, 0.25) is 0 Å². The van der Waals surface area contributed by atoms with E-state index in [0.717, 1.165) is 58.4 Å². The summed E-state index contributed by atoms with van der Waals surface area (Å²) >= 11 is 0. The fourth-order valence-corrected chi connectivity index (χ4v) is 10.5. The maximum absolute atomic E-state index is 13.2. The Morgan fingerprint density at radius 1 is 0.588 bits per heavy atom. The van der Waals surface area contributed by atoms with E-state index in [9.17, 15) is 64.8 Å². The number of hydrogen-bond acceptors (Lipinski definition) is 24. The molecule has 12 N–H and O–H groups in total. The lowest BCUT2D eigenvalue weighted by Gasteiger charge is -2.40. The highest BCUT2D eigenvalue weighted by Gasteiger charge is 2.52. The summed E-state index contributed by atoms with van der Waals surface area (Å²) in [6.45, 7) is 0.749. The maximum Gasteiger partial charge on any atom is 0.508 e. The number of unbranched alkanes of at least 4 members (excludes halogenated alkanes) is 2. The van der Waals surface area contributed by atoms with Crippen molar-refractivity contribution in [3.63, 3.8) is 0 Å². The quantitative estimate of drug-likeness (QED) is 0.0252. The number of rotatable bonds is 26. The second-order valence-corrected chi connectivity index (χ2v) is 21.0. The number of nitrogens with two attached hydrogens (primary N) is 2. The Bertz CT molecular complexity index is 2620. The van der Waals surface area contributed by atoms with E-state index in [0.29, 0.717) is 0 Å². The molecule has 0 aliphatic carbocycles. The molecular formula is C44H60N10O24S2. The summed E-state index contributed by atoms with van der Waals surface area (Å²) < 4.78 is 110. The van der Waals surface area contributed by atoms with Gasteiger partial charge in [0.2, 0.25) is 43.4 Å². The molecule has 0 bridgehead atoms. The third kappa shape index (κ3) is 17.8. The minimum Gasteiger partial charge on any atom is -0.477 e. The van der Waals surface area contributed by atoms with Crippen molar-refractivity contribution in [2.75, 3.05) is 53.6 Å². The lowest BCUT2D eigenvalue weighted by Crippen LogP contribution is -2.64. The summed E-state index contributed by atoms with van der Waals surface area (Å²) in [5.41, 5.74) is 10.7. The van der Waals surface area contributed by atoms with E-state index in [2.05, 4.69) is 41.3 Å². The summed E-state index contributed by atoms with van der Waals surface area (Å²) in [4.78, 5) is 123. The van der Waals surface area contributed by atoms with Crippen LogP contribution in [0.15, 0.2) is 57.7 Å². The van der Waals surface area contributed by atoms with Gasteiger partial charge in [-0.1, -0.05) is 6.07 Å². The minimum absolute atomic E-state index is 0.113. The van der Waals surface area contributed by atoms with Gasteiger partial charge in [-0.15, -0.1) is 0 Å². The second kappa shape index (κ2) is 28.5. The van der Waals surface area contributed by atoms with Crippen molar-refractivity contribution in [1.29, 1.82) is 0 Å². The molecule has 1 aromatic rings. The summed E-state index contributed by atoms with van der Waals surface area (Å²) in [6, 6.07) is -2.70. The molecule has 5 rings (SSSR count). The first-order valence-corrected chi connectivity index (χ1v) is 27.0. The number of carbonyl (C=O) groups excluding carboxylic acids is 10. The number of esters is 2. The molecule has 10 atom stereocenters. The van der Waals surface area contributed by atoms with Crippen molar-refractivity contribution < 1.29 is 112 Å². The molecule has 8 amide bonds. The highest BCUT2D eigenvalue weighted by molar-refractivity contribution is 7.90. The number of carbonyl (C=O) groups is 10. The number of hydrogen-bond donors (Lipinski definition) is 10. The number of sulfonamides is 2. The van der Waals surface area contributed by atoms with E-state index < -0.39 is 176 Å². The molecule has 4 aliphatic heterocycles. The molecule has 0 saturated carbocycles. The number of nitrogens with one attached hydrogen (secondary N) is 8. The fourth-order valence-electron chi connectivity index (χ4n) is 8.16. The summed E-state index contributed by atoms with van der Waals surface area (Å²) in [6.07, 6.45) is -10.7. The van der Waals surface area contributed by atoms with Gasteiger partial charge in [-0.05, 0) is 56.0 Å². The number of cyclic esters (lactones) is 4. The average Bonchev–Trinajstić information content (AvgIpc) is 4.04.